The lowest BCUT2D eigenvalue weighted by atomic mass is 10.2. The lowest BCUT2D eigenvalue weighted by molar-refractivity contribution is -0.117. The van der Waals surface area contributed by atoms with Gasteiger partial charge in [-0.05, 0) is 24.1 Å². The lowest BCUT2D eigenvalue weighted by Crippen LogP contribution is -2.30. The summed E-state index contributed by atoms with van der Waals surface area (Å²) in [7, 11) is 0. The second-order valence-electron chi connectivity index (χ2n) is 4.09. The van der Waals surface area contributed by atoms with Crippen LogP contribution < -0.4 is 4.90 Å². The van der Waals surface area contributed by atoms with Crippen LogP contribution in [0.4, 0.5) is 5.69 Å². The van der Waals surface area contributed by atoms with Crippen molar-refractivity contribution in [3.05, 3.63) is 48.0 Å². The number of amides is 1. The average molecular weight is 226 g/mol. The van der Waals surface area contributed by atoms with Crippen LogP contribution in [0, 0.1) is 6.07 Å². The molecule has 0 aliphatic carbocycles. The highest BCUT2D eigenvalue weighted by Gasteiger charge is 2.24. The number of carbonyl (C=O) groups is 1. The van der Waals surface area contributed by atoms with E-state index in [-0.39, 0.29) is 5.91 Å². The minimum absolute atomic E-state index is 0.0930. The summed E-state index contributed by atoms with van der Waals surface area (Å²) in [5, 5.41) is 0. The van der Waals surface area contributed by atoms with Gasteiger partial charge in [-0.25, -0.2) is 4.98 Å². The van der Waals surface area contributed by atoms with Gasteiger partial charge in [0.1, 0.15) is 0 Å². The van der Waals surface area contributed by atoms with E-state index in [0.29, 0.717) is 6.42 Å². The number of imidazole rings is 1. The number of anilines is 1. The normalized spacial score (nSPS) is 13.8. The SMILES string of the molecule is O=C(Cc1c[nH]cn1)N1CCc2cc[c]cc21. The van der Waals surface area contributed by atoms with Gasteiger partial charge in [-0.3, -0.25) is 4.79 Å². The van der Waals surface area contributed by atoms with Crippen LogP contribution in [-0.2, 0) is 17.6 Å². The maximum atomic E-state index is 12.1. The van der Waals surface area contributed by atoms with Crippen molar-refractivity contribution in [2.24, 2.45) is 0 Å². The topological polar surface area (TPSA) is 49.0 Å². The molecule has 0 atom stereocenters. The van der Waals surface area contributed by atoms with Gasteiger partial charge in [0, 0.05) is 18.4 Å². The number of nitrogens with one attached hydrogen (secondary N) is 1. The first-order valence-corrected chi connectivity index (χ1v) is 5.61. The zero-order valence-electron chi connectivity index (χ0n) is 9.31. The van der Waals surface area contributed by atoms with Gasteiger partial charge in [0.15, 0.2) is 0 Å². The van der Waals surface area contributed by atoms with Crippen LogP contribution in [-0.4, -0.2) is 22.4 Å². The van der Waals surface area contributed by atoms with Crippen molar-refractivity contribution in [2.45, 2.75) is 12.8 Å². The van der Waals surface area contributed by atoms with Crippen molar-refractivity contribution in [3.63, 3.8) is 0 Å². The molecule has 1 aliphatic heterocycles. The molecule has 1 aliphatic rings. The number of benzene rings is 1. The molecule has 2 heterocycles. The smallest absolute Gasteiger partial charge is 0.233 e. The number of hydrogen-bond acceptors (Lipinski definition) is 2. The van der Waals surface area contributed by atoms with Crippen molar-refractivity contribution >= 4 is 11.6 Å². The van der Waals surface area contributed by atoms with E-state index in [9.17, 15) is 4.79 Å². The molecule has 3 rings (SSSR count). The third kappa shape index (κ3) is 1.82. The van der Waals surface area contributed by atoms with E-state index >= 15 is 0 Å². The Morgan fingerprint density at radius 2 is 2.53 bits per heavy atom. The minimum atomic E-state index is 0.0930. The second-order valence-corrected chi connectivity index (χ2v) is 4.09. The van der Waals surface area contributed by atoms with E-state index in [0.717, 1.165) is 24.3 Å². The Morgan fingerprint density at radius 3 is 3.35 bits per heavy atom. The summed E-state index contributed by atoms with van der Waals surface area (Å²) < 4.78 is 0. The molecule has 0 bridgehead atoms. The molecule has 17 heavy (non-hydrogen) atoms. The maximum Gasteiger partial charge on any atom is 0.233 e. The van der Waals surface area contributed by atoms with E-state index in [1.807, 2.05) is 23.1 Å². The molecule has 1 amide bonds. The first-order chi connectivity index (χ1) is 8.34. The number of fused-ring (bicyclic) bond motifs is 1. The van der Waals surface area contributed by atoms with Crippen molar-refractivity contribution < 1.29 is 4.79 Å². The Balaban J connectivity index is 1.80. The van der Waals surface area contributed by atoms with Crippen LogP contribution in [0.2, 0.25) is 0 Å². The molecule has 4 nitrogen and oxygen atoms in total. The summed E-state index contributed by atoms with van der Waals surface area (Å²) in [6.45, 7) is 0.760. The van der Waals surface area contributed by atoms with E-state index in [1.165, 1.54) is 5.56 Å². The highest BCUT2D eigenvalue weighted by atomic mass is 16.2. The fraction of sp³-hybridized carbons (Fsp3) is 0.231. The average Bonchev–Trinajstić information content (AvgIpc) is 2.96. The van der Waals surface area contributed by atoms with Crippen LogP contribution in [0.25, 0.3) is 0 Å². The summed E-state index contributed by atoms with van der Waals surface area (Å²) in [6, 6.07) is 8.81. The van der Waals surface area contributed by atoms with E-state index in [2.05, 4.69) is 16.0 Å². The fourth-order valence-electron chi connectivity index (χ4n) is 2.17. The first-order valence-electron chi connectivity index (χ1n) is 5.61. The van der Waals surface area contributed by atoms with Crippen LogP contribution in [0.3, 0.4) is 0 Å². The third-order valence-electron chi connectivity index (χ3n) is 3.01. The molecule has 2 aromatic rings. The van der Waals surface area contributed by atoms with Crippen LogP contribution in [0.1, 0.15) is 11.3 Å². The molecule has 1 aromatic carbocycles. The summed E-state index contributed by atoms with van der Waals surface area (Å²) in [5.41, 5.74) is 3.00. The van der Waals surface area contributed by atoms with E-state index in [4.69, 9.17) is 0 Å². The highest BCUT2D eigenvalue weighted by Crippen LogP contribution is 2.27. The predicted molar refractivity (Wildman–Crippen MR) is 63.6 cm³/mol. The number of carbonyl (C=O) groups excluding carboxylic acids is 1. The first kappa shape index (κ1) is 10.1. The summed E-state index contributed by atoms with van der Waals surface area (Å²) in [6.07, 6.45) is 4.62. The zero-order chi connectivity index (χ0) is 11.7. The molecule has 0 saturated carbocycles. The molecule has 0 spiro atoms. The molecule has 0 fully saturated rings. The van der Waals surface area contributed by atoms with Gasteiger partial charge in [-0.1, -0.05) is 12.1 Å². The molecule has 4 heteroatoms. The summed E-state index contributed by atoms with van der Waals surface area (Å²) >= 11 is 0. The number of aromatic amines is 1. The number of nitrogens with zero attached hydrogens (tertiary/aromatic N) is 2. The lowest BCUT2D eigenvalue weighted by Gasteiger charge is -2.16. The standard InChI is InChI=1S/C13H12N3O/c17-13(7-11-8-14-9-15-11)16-6-5-10-3-1-2-4-12(10)16/h1,3-4,8-9H,5-7H2,(H,14,15). The fourth-order valence-corrected chi connectivity index (χ4v) is 2.17. The number of hydrogen-bond donors (Lipinski definition) is 1. The van der Waals surface area contributed by atoms with Crippen molar-refractivity contribution in [1.29, 1.82) is 0 Å². The van der Waals surface area contributed by atoms with Gasteiger partial charge in [0.05, 0.1) is 18.4 Å². The molecule has 1 N–H and O–H groups in total. The van der Waals surface area contributed by atoms with E-state index in [1.54, 1.807) is 12.5 Å². The zero-order valence-corrected chi connectivity index (χ0v) is 9.31. The number of H-pyrrole nitrogens is 1. The Kier molecular flexibility index (Phi) is 2.40. The number of aromatic nitrogens is 2. The summed E-state index contributed by atoms with van der Waals surface area (Å²) in [5.74, 6) is 0.0930. The van der Waals surface area contributed by atoms with Gasteiger partial charge in [0.25, 0.3) is 0 Å². The largest absolute Gasteiger partial charge is 0.351 e. The Morgan fingerprint density at radius 1 is 1.59 bits per heavy atom. The van der Waals surface area contributed by atoms with Gasteiger partial charge in [-0.15, -0.1) is 0 Å². The Labute approximate surface area is 99.3 Å². The Bertz CT molecular complexity index is 533. The Hall–Kier alpha value is -2.10. The molecular formula is C13H12N3O. The maximum absolute atomic E-state index is 12.1. The van der Waals surface area contributed by atoms with E-state index < -0.39 is 0 Å². The monoisotopic (exact) mass is 226 g/mol. The van der Waals surface area contributed by atoms with Crippen molar-refractivity contribution in [3.8, 4) is 0 Å². The van der Waals surface area contributed by atoms with Gasteiger partial charge < -0.3 is 9.88 Å². The molecule has 1 radical (unpaired) electrons. The van der Waals surface area contributed by atoms with Gasteiger partial charge in [0.2, 0.25) is 5.91 Å². The predicted octanol–water partition coefficient (Wildman–Crippen LogP) is 1.34. The summed E-state index contributed by atoms with van der Waals surface area (Å²) in [4.78, 5) is 20.9. The van der Waals surface area contributed by atoms with Gasteiger partial charge >= 0.3 is 0 Å². The minimum Gasteiger partial charge on any atom is -0.351 e. The van der Waals surface area contributed by atoms with Crippen molar-refractivity contribution in [1.82, 2.24) is 9.97 Å². The van der Waals surface area contributed by atoms with Crippen LogP contribution in [0.15, 0.2) is 30.7 Å². The quantitative estimate of drug-likeness (QED) is 0.840. The third-order valence-corrected chi connectivity index (χ3v) is 3.01. The highest BCUT2D eigenvalue weighted by molar-refractivity contribution is 5.96. The molecule has 85 valence electrons. The molecule has 1 aromatic heterocycles. The molecule has 0 saturated heterocycles. The molecular weight excluding hydrogens is 214 g/mol. The van der Waals surface area contributed by atoms with Gasteiger partial charge in [-0.2, -0.15) is 0 Å². The number of rotatable bonds is 2. The second kappa shape index (κ2) is 4.05. The van der Waals surface area contributed by atoms with Crippen LogP contribution in [0.5, 0.6) is 0 Å². The van der Waals surface area contributed by atoms with Crippen molar-refractivity contribution in [2.75, 3.05) is 11.4 Å². The van der Waals surface area contributed by atoms with Crippen LogP contribution >= 0.6 is 0 Å². The molecule has 0 unspecified atom stereocenters.